The van der Waals surface area contributed by atoms with Crippen LogP contribution in [-0.2, 0) is 14.6 Å². The van der Waals surface area contributed by atoms with Gasteiger partial charge in [-0.05, 0) is 30.2 Å². The molecule has 4 rings (SSSR count). The molecule has 2 heterocycles. The third-order valence-electron chi connectivity index (χ3n) is 4.91. The molecule has 0 radical (unpaired) electrons. The molecule has 140 valence electrons. The predicted octanol–water partition coefficient (Wildman–Crippen LogP) is 3.22. The van der Waals surface area contributed by atoms with Crippen molar-refractivity contribution in [3.63, 3.8) is 0 Å². The van der Waals surface area contributed by atoms with Crippen molar-refractivity contribution in [2.75, 3.05) is 24.7 Å². The second kappa shape index (κ2) is 7.25. The van der Waals surface area contributed by atoms with Crippen molar-refractivity contribution in [1.82, 2.24) is 9.97 Å². The number of benzene rings is 2. The molecule has 0 amide bonds. The van der Waals surface area contributed by atoms with E-state index in [1.807, 2.05) is 18.2 Å². The van der Waals surface area contributed by atoms with Crippen LogP contribution >= 0.6 is 0 Å². The van der Waals surface area contributed by atoms with E-state index >= 15 is 0 Å². The molecule has 0 saturated carbocycles. The molecule has 1 saturated heterocycles. The fourth-order valence-corrected chi connectivity index (χ4v) is 4.14. The number of aromatic nitrogens is 2. The summed E-state index contributed by atoms with van der Waals surface area (Å²) < 4.78 is 29.7. The van der Waals surface area contributed by atoms with Gasteiger partial charge in [-0.2, -0.15) is 0 Å². The van der Waals surface area contributed by atoms with Gasteiger partial charge in [-0.15, -0.1) is 0 Å². The topological polar surface area (TPSA) is 81.2 Å². The largest absolute Gasteiger partial charge is 0.373 e. The van der Waals surface area contributed by atoms with Crippen molar-refractivity contribution < 1.29 is 13.2 Å². The molecule has 0 aliphatic carbocycles. The average Bonchev–Trinajstić information content (AvgIpc) is 3.14. The Balaban J connectivity index is 1.58. The highest BCUT2D eigenvalue weighted by atomic mass is 32.2. The smallest absolute Gasteiger partial charge is 0.175 e. The lowest BCUT2D eigenvalue weighted by atomic mass is 9.95. The Bertz CT molecular complexity index is 1050. The van der Waals surface area contributed by atoms with E-state index in [1.165, 1.54) is 18.1 Å². The molecule has 2 aromatic carbocycles. The number of nitrogens with one attached hydrogen (secondary N) is 1. The number of fused-ring (bicyclic) bond motifs is 1. The van der Waals surface area contributed by atoms with Crippen LogP contribution in [0, 0.1) is 5.92 Å². The van der Waals surface area contributed by atoms with Crippen molar-refractivity contribution >= 4 is 26.6 Å². The molecular weight excluding hydrogens is 362 g/mol. The van der Waals surface area contributed by atoms with Crippen LogP contribution in [0.5, 0.6) is 0 Å². The summed E-state index contributed by atoms with van der Waals surface area (Å²) in [5, 5.41) is 4.09. The molecule has 27 heavy (non-hydrogen) atoms. The van der Waals surface area contributed by atoms with Crippen LogP contribution in [-0.4, -0.2) is 37.8 Å². The van der Waals surface area contributed by atoms with E-state index in [-0.39, 0.29) is 11.0 Å². The molecule has 1 fully saturated rings. The molecule has 1 aliphatic heterocycles. The lowest BCUT2D eigenvalue weighted by Crippen LogP contribution is -2.18. The van der Waals surface area contributed by atoms with E-state index in [0.717, 1.165) is 13.0 Å². The normalized spacial score (nSPS) is 20.0. The highest BCUT2D eigenvalue weighted by molar-refractivity contribution is 7.90. The van der Waals surface area contributed by atoms with Crippen LogP contribution in [0.1, 0.15) is 18.1 Å². The van der Waals surface area contributed by atoms with E-state index in [4.69, 9.17) is 4.74 Å². The zero-order valence-electron chi connectivity index (χ0n) is 15.0. The predicted molar refractivity (Wildman–Crippen MR) is 104 cm³/mol. The maximum Gasteiger partial charge on any atom is 0.175 e. The lowest BCUT2D eigenvalue weighted by Gasteiger charge is -2.20. The Hall–Kier alpha value is -2.51. The Morgan fingerprint density at radius 3 is 2.74 bits per heavy atom. The first-order chi connectivity index (χ1) is 13.0. The Morgan fingerprint density at radius 2 is 1.96 bits per heavy atom. The average molecular weight is 383 g/mol. The first-order valence-corrected chi connectivity index (χ1v) is 10.8. The summed E-state index contributed by atoms with van der Waals surface area (Å²) in [6, 6.07) is 15.1. The highest BCUT2D eigenvalue weighted by Gasteiger charge is 2.29. The number of hydrogen-bond donors (Lipinski definition) is 1. The van der Waals surface area contributed by atoms with Gasteiger partial charge in [0.1, 0.15) is 12.1 Å². The van der Waals surface area contributed by atoms with Crippen molar-refractivity contribution in [3.8, 4) is 0 Å². The van der Waals surface area contributed by atoms with E-state index < -0.39 is 9.84 Å². The van der Waals surface area contributed by atoms with E-state index in [2.05, 4.69) is 27.4 Å². The van der Waals surface area contributed by atoms with Crippen LogP contribution in [0.15, 0.2) is 59.8 Å². The summed E-state index contributed by atoms with van der Waals surface area (Å²) >= 11 is 0. The molecule has 3 aromatic rings. The fraction of sp³-hybridized carbons (Fsp3) is 0.300. The molecule has 0 unspecified atom stereocenters. The molecule has 0 spiro atoms. The Kier molecular flexibility index (Phi) is 4.80. The minimum atomic E-state index is -3.29. The maximum absolute atomic E-state index is 11.9. The van der Waals surface area contributed by atoms with Crippen LogP contribution in [0.2, 0.25) is 0 Å². The number of anilines is 1. The van der Waals surface area contributed by atoms with Gasteiger partial charge in [0.25, 0.3) is 0 Å². The summed E-state index contributed by atoms with van der Waals surface area (Å²) in [5.41, 5.74) is 1.89. The highest BCUT2D eigenvalue weighted by Crippen LogP contribution is 2.35. The number of hydrogen-bond acceptors (Lipinski definition) is 6. The van der Waals surface area contributed by atoms with Gasteiger partial charge in [0.15, 0.2) is 9.84 Å². The summed E-state index contributed by atoms with van der Waals surface area (Å²) in [6.07, 6.45) is 3.71. The SMILES string of the molecule is CS(=O)(=O)c1ccc2ncnc(NC[C@@H]3CCO[C@H]3c3ccccc3)c2c1. The number of nitrogens with zero attached hydrogens (tertiary/aromatic N) is 2. The minimum absolute atomic E-state index is 0.0541. The molecule has 2 atom stereocenters. The molecule has 7 heteroatoms. The maximum atomic E-state index is 11.9. The van der Waals surface area contributed by atoms with Crippen molar-refractivity contribution in [2.45, 2.75) is 17.4 Å². The number of rotatable bonds is 5. The third kappa shape index (κ3) is 3.79. The quantitative estimate of drug-likeness (QED) is 0.729. The van der Waals surface area contributed by atoms with Gasteiger partial charge in [0, 0.05) is 30.7 Å². The molecular formula is C20H21N3O3S. The second-order valence-corrected chi connectivity index (χ2v) is 8.82. The molecule has 1 aliphatic rings. The van der Waals surface area contributed by atoms with Gasteiger partial charge < -0.3 is 10.1 Å². The van der Waals surface area contributed by atoms with E-state index in [0.29, 0.717) is 29.2 Å². The Labute approximate surface area is 158 Å². The van der Waals surface area contributed by atoms with Gasteiger partial charge >= 0.3 is 0 Å². The molecule has 0 bridgehead atoms. The van der Waals surface area contributed by atoms with Gasteiger partial charge in [0.2, 0.25) is 0 Å². The first kappa shape index (κ1) is 17.9. The second-order valence-electron chi connectivity index (χ2n) is 6.81. The van der Waals surface area contributed by atoms with Crippen molar-refractivity contribution in [3.05, 3.63) is 60.4 Å². The van der Waals surface area contributed by atoms with Crippen LogP contribution < -0.4 is 5.32 Å². The number of sulfone groups is 1. The standard InChI is InChI=1S/C20H21N3O3S/c1-27(24,25)16-7-8-18-17(11-16)20(23-13-22-18)21-12-15-9-10-26-19(15)14-5-3-2-4-6-14/h2-8,11,13,15,19H,9-10,12H2,1H3,(H,21,22,23)/t15-,19-/m0/s1. The molecule has 1 N–H and O–H groups in total. The van der Waals surface area contributed by atoms with E-state index in [9.17, 15) is 8.42 Å². The zero-order valence-corrected chi connectivity index (χ0v) is 15.8. The van der Waals surface area contributed by atoms with Gasteiger partial charge in [0.05, 0.1) is 16.5 Å². The van der Waals surface area contributed by atoms with Crippen molar-refractivity contribution in [1.29, 1.82) is 0 Å². The summed E-state index contributed by atoms with van der Waals surface area (Å²) in [6.45, 7) is 1.42. The minimum Gasteiger partial charge on any atom is -0.373 e. The summed E-state index contributed by atoms with van der Waals surface area (Å²) in [4.78, 5) is 8.83. The fourth-order valence-electron chi connectivity index (χ4n) is 3.49. The molecule has 1 aromatic heterocycles. The zero-order chi connectivity index (χ0) is 18.9. The summed E-state index contributed by atoms with van der Waals surface area (Å²) in [5.74, 6) is 0.958. The lowest BCUT2D eigenvalue weighted by molar-refractivity contribution is 0.0933. The van der Waals surface area contributed by atoms with Gasteiger partial charge in [-0.3, -0.25) is 0 Å². The Morgan fingerprint density at radius 1 is 1.15 bits per heavy atom. The first-order valence-electron chi connectivity index (χ1n) is 8.87. The monoisotopic (exact) mass is 383 g/mol. The van der Waals surface area contributed by atoms with Gasteiger partial charge in [-0.25, -0.2) is 18.4 Å². The van der Waals surface area contributed by atoms with Gasteiger partial charge in [-0.1, -0.05) is 30.3 Å². The molecule has 6 nitrogen and oxygen atoms in total. The van der Waals surface area contributed by atoms with Crippen LogP contribution in [0.25, 0.3) is 10.9 Å². The third-order valence-corrected chi connectivity index (χ3v) is 6.02. The van der Waals surface area contributed by atoms with Crippen molar-refractivity contribution in [2.24, 2.45) is 5.92 Å². The summed E-state index contributed by atoms with van der Waals surface area (Å²) in [7, 11) is -3.29. The van der Waals surface area contributed by atoms with E-state index in [1.54, 1.807) is 18.2 Å². The van der Waals surface area contributed by atoms with Crippen LogP contribution in [0.3, 0.4) is 0 Å². The number of ether oxygens (including phenoxy) is 1. The van der Waals surface area contributed by atoms with Crippen LogP contribution in [0.4, 0.5) is 5.82 Å².